The van der Waals surface area contributed by atoms with E-state index in [2.05, 4.69) is 29.1 Å². The Bertz CT molecular complexity index is 1070. The number of halogens is 1. The zero-order valence-electron chi connectivity index (χ0n) is 15.9. The fourth-order valence-corrected chi connectivity index (χ4v) is 3.50. The number of amides is 1. The first-order chi connectivity index (χ1) is 14.2. The van der Waals surface area contributed by atoms with Crippen LogP contribution in [-0.4, -0.2) is 6.41 Å². The van der Waals surface area contributed by atoms with Gasteiger partial charge in [-0.1, -0.05) is 60.2 Å². The molecule has 0 atom stereocenters. The second-order valence-corrected chi connectivity index (χ2v) is 7.13. The van der Waals surface area contributed by atoms with E-state index >= 15 is 0 Å². The summed E-state index contributed by atoms with van der Waals surface area (Å²) in [7, 11) is 0. The van der Waals surface area contributed by atoms with Crippen LogP contribution >= 0.6 is 11.9 Å². The lowest BCUT2D eigenvalue weighted by atomic mass is 10.1. The molecule has 146 valence electrons. The van der Waals surface area contributed by atoms with Crippen LogP contribution < -0.4 is 10.0 Å². The Hall–Kier alpha value is -3.31. The predicted octanol–water partition coefficient (Wildman–Crippen LogP) is 6.66. The largest absolute Gasteiger partial charge is 0.328 e. The number of hydrogen-bond acceptors (Lipinski definition) is 3. The van der Waals surface area contributed by atoms with Gasteiger partial charge in [-0.05, 0) is 60.7 Å². The first kappa shape index (κ1) is 20.4. The van der Waals surface area contributed by atoms with E-state index in [0.717, 1.165) is 27.0 Å². The van der Waals surface area contributed by atoms with E-state index in [9.17, 15) is 9.18 Å². The van der Waals surface area contributed by atoms with Crippen LogP contribution in [-0.2, 0) is 4.79 Å². The third kappa shape index (κ3) is 5.83. The second kappa shape index (κ2) is 10.3. The minimum absolute atomic E-state index is 0.259. The quantitative estimate of drug-likeness (QED) is 0.289. The van der Waals surface area contributed by atoms with Gasteiger partial charge in [-0.3, -0.25) is 4.79 Å². The van der Waals surface area contributed by atoms with Gasteiger partial charge in [-0.2, -0.15) is 0 Å². The topological polar surface area (TPSA) is 41.1 Å². The molecule has 0 aliphatic rings. The third-order valence-electron chi connectivity index (χ3n) is 4.16. The summed E-state index contributed by atoms with van der Waals surface area (Å²) < 4.78 is 16.1. The number of hydrogen-bond donors (Lipinski definition) is 2. The van der Waals surface area contributed by atoms with Crippen molar-refractivity contribution in [3.05, 3.63) is 102 Å². The summed E-state index contributed by atoms with van der Waals surface area (Å²) in [6.07, 6.45) is 0.672. The van der Waals surface area contributed by atoms with Gasteiger partial charge < -0.3 is 10.0 Å². The van der Waals surface area contributed by atoms with Crippen molar-refractivity contribution < 1.29 is 9.18 Å². The molecule has 4 rings (SSSR count). The average molecular weight is 405 g/mol. The molecule has 0 saturated carbocycles. The highest BCUT2D eigenvalue weighted by molar-refractivity contribution is 8.00. The Morgan fingerprint density at radius 3 is 2.07 bits per heavy atom. The summed E-state index contributed by atoms with van der Waals surface area (Å²) in [5.74, 6) is -0.259. The van der Waals surface area contributed by atoms with Gasteiger partial charge in [0, 0.05) is 21.7 Å². The normalized spacial score (nSPS) is 10.0. The van der Waals surface area contributed by atoms with E-state index in [1.165, 1.54) is 29.6 Å². The summed E-state index contributed by atoms with van der Waals surface area (Å²) in [6, 6.07) is 28.1. The lowest BCUT2D eigenvalue weighted by Gasteiger charge is -2.11. The van der Waals surface area contributed by atoms with Gasteiger partial charge >= 0.3 is 0 Å². The zero-order valence-corrected chi connectivity index (χ0v) is 16.7. The maximum Gasteiger partial charge on any atom is 0.211 e. The zero-order chi connectivity index (χ0) is 20.5. The van der Waals surface area contributed by atoms with E-state index in [4.69, 9.17) is 0 Å². The van der Waals surface area contributed by atoms with Crippen LogP contribution in [0.4, 0.5) is 15.8 Å². The summed E-state index contributed by atoms with van der Waals surface area (Å²) in [4.78, 5) is 11.7. The first-order valence-corrected chi connectivity index (χ1v) is 9.91. The van der Waals surface area contributed by atoms with Gasteiger partial charge in [0.25, 0.3) is 0 Å². The molecule has 29 heavy (non-hydrogen) atoms. The van der Waals surface area contributed by atoms with Gasteiger partial charge in [0.05, 0.1) is 0 Å². The Balaban J connectivity index is 0.000000290. The van der Waals surface area contributed by atoms with E-state index in [1.807, 2.05) is 54.6 Å². The maximum atomic E-state index is 12.9. The van der Waals surface area contributed by atoms with Gasteiger partial charge in [0.1, 0.15) is 5.82 Å². The van der Waals surface area contributed by atoms with E-state index in [1.54, 1.807) is 12.1 Å². The van der Waals surface area contributed by atoms with Gasteiger partial charge in [0.2, 0.25) is 6.41 Å². The van der Waals surface area contributed by atoms with Crippen LogP contribution in [0, 0.1) is 12.7 Å². The summed E-state index contributed by atoms with van der Waals surface area (Å²) in [5, 5.41) is 4.71. The molecule has 0 saturated heterocycles. The second-order valence-electron chi connectivity index (χ2n) is 6.28. The summed E-state index contributed by atoms with van der Waals surface area (Å²) >= 11 is 1.45. The molecular formula is C24H21FN2OS. The highest BCUT2D eigenvalue weighted by Gasteiger charge is 2.06. The van der Waals surface area contributed by atoms with Crippen molar-refractivity contribution in [2.75, 3.05) is 10.0 Å². The van der Waals surface area contributed by atoms with E-state index < -0.39 is 0 Å². The fourth-order valence-electron chi connectivity index (χ4n) is 2.72. The molecule has 4 aromatic carbocycles. The van der Waals surface area contributed by atoms with E-state index in [0.29, 0.717) is 6.41 Å². The molecule has 0 radical (unpaired) electrons. The Morgan fingerprint density at radius 1 is 0.793 bits per heavy atom. The molecule has 1 amide bonds. The van der Waals surface area contributed by atoms with Crippen LogP contribution in [0.3, 0.4) is 0 Å². The van der Waals surface area contributed by atoms with Crippen molar-refractivity contribution in [3.63, 3.8) is 0 Å². The molecule has 4 aromatic rings. The SMILES string of the molecule is Cc1ccccc1.O=CNc1ccc(SNc2ccc(F)cc2)c2ccccc12. The molecule has 0 unspecified atom stereocenters. The van der Waals surface area contributed by atoms with Crippen LogP contribution in [0.1, 0.15) is 5.56 Å². The number of carbonyl (C=O) groups excluding carboxylic acids is 1. The minimum atomic E-state index is -0.259. The molecule has 2 N–H and O–H groups in total. The maximum absolute atomic E-state index is 12.9. The predicted molar refractivity (Wildman–Crippen MR) is 121 cm³/mol. The summed E-state index contributed by atoms with van der Waals surface area (Å²) in [5.41, 5.74) is 2.92. The van der Waals surface area contributed by atoms with Crippen molar-refractivity contribution in [1.29, 1.82) is 0 Å². The molecule has 0 aromatic heterocycles. The smallest absolute Gasteiger partial charge is 0.211 e. The molecule has 0 bridgehead atoms. The molecule has 0 aliphatic carbocycles. The highest BCUT2D eigenvalue weighted by Crippen LogP contribution is 2.33. The highest BCUT2D eigenvalue weighted by atomic mass is 32.2. The number of benzene rings is 4. The standard InChI is InChI=1S/C17H13FN2OS.C7H8/c18-12-5-7-13(8-6-12)20-22-17-10-9-16(19-11-21)14-3-1-2-4-15(14)17;1-7-5-3-2-4-6-7/h1-11,20H,(H,19,21);2-6H,1H3. The van der Waals surface area contributed by atoms with Gasteiger partial charge in [-0.15, -0.1) is 0 Å². The Kier molecular flexibility index (Phi) is 7.25. The molecule has 0 spiro atoms. The summed E-state index contributed by atoms with van der Waals surface area (Å²) in [6.45, 7) is 2.08. The molecular weight excluding hydrogens is 383 g/mol. The number of aryl methyl sites for hydroxylation is 1. The van der Waals surface area contributed by atoms with Crippen molar-refractivity contribution in [1.82, 2.24) is 0 Å². The van der Waals surface area contributed by atoms with Crippen LogP contribution in [0.2, 0.25) is 0 Å². The fraction of sp³-hybridized carbons (Fsp3) is 0.0417. The minimum Gasteiger partial charge on any atom is -0.328 e. The molecule has 0 heterocycles. The number of fused-ring (bicyclic) bond motifs is 1. The molecule has 0 aliphatic heterocycles. The monoisotopic (exact) mass is 404 g/mol. The molecule has 5 heteroatoms. The first-order valence-electron chi connectivity index (χ1n) is 9.09. The van der Waals surface area contributed by atoms with Crippen LogP contribution in [0.5, 0.6) is 0 Å². The number of carbonyl (C=O) groups is 1. The lowest BCUT2D eigenvalue weighted by Crippen LogP contribution is -1.95. The molecule has 3 nitrogen and oxygen atoms in total. The Morgan fingerprint density at radius 2 is 1.45 bits per heavy atom. The Labute approximate surface area is 174 Å². The van der Waals surface area contributed by atoms with Gasteiger partial charge in [-0.25, -0.2) is 4.39 Å². The van der Waals surface area contributed by atoms with Crippen molar-refractivity contribution in [2.45, 2.75) is 11.8 Å². The van der Waals surface area contributed by atoms with E-state index in [-0.39, 0.29) is 5.82 Å². The lowest BCUT2D eigenvalue weighted by molar-refractivity contribution is -0.105. The number of rotatable bonds is 5. The van der Waals surface area contributed by atoms with Crippen molar-refractivity contribution >= 4 is 40.5 Å². The third-order valence-corrected chi connectivity index (χ3v) is 5.08. The van der Waals surface area contributed by atoms with Crippen molar-refractivity contribution in [3.8, 4) is 0 Å². The van der Waals surface area contributed by atoms with Crippen LogP contribution in [0.15, 0.2) is 95.9 Å². The number of nitrogens with one attached hydrogen (secondary N) is 2. The van der Waals surface area contributed by atoms with Crippen LogP contribution in [0.25, 0.3) is 10.8 Å². The number of anilines is 2. The molecule has 0 fully saturated rings. The van der Waals surface area contributed by atoms with Crippen molar-refractivity contribution in [2.24, 2.45) is 0 Å². The van der Waals surface area contributed by atoms with Gasteiger partial charge in [0.15, 0.2) is 0 Å². The average Bonchev–Trinajstić information content (AvgIpc) is 2.75.